The average molecular weight is 270 g/mol. The van der Waals surface area contributed by atoms with Crippen LogP contribution in [0.2, 0.25) is 0 Å². The molecule has 3 aromatic heterocycles. The molecule has 0 aliphatic carbocycles. The molecule has 1 N–H and O–H groups in total. The molecule has 5 rings (SSSR count). The zero-order valence-corrected chi connectivity index (χ0v) is 11.0. The van der Waals surface area contributed by atoms with Crippen molar-refractivity contribution in [2.45, 2.75) is 0 Å². The van der Waals surface area contributed by atoms with Gasteiger partial charge in [0.1, 0.15) is 17.4 Å². The van der Waals surface area contributed by atoms with Crippen LogP contribution in [0, 0.1) is 0 Å². The van der Waals surface area contributed by atoms with E-state index in [2.05, 4.69) is 38.1 Å². The summed E-state index contributed by atoms with van der Waals surface area (Å²) >= 11 is 0. The number of benzene rings is 2. The molecule has 98 valence electrons. The van der Waals surface area contributed by atoms with Crippen molar-refractivity contribution in [2.24, 2.45) is 0 Å². The number of nitrogens with zero attached hydrogens (tertiary/aromatic N) is 3. The monoisotopic (exact) mass is 270 g/mol. The average Bonchev–Trinajstić information content (AvgIpc) is 3.04. The standard InChI is InChI=1S/C17H10N4/c1-2-5-11-10(4-1)8-19-14-12-6-3-7-18-15(12)17-16(13(11)14)20-9-21-17/h1-9,18H. The van der Waals surface area contributed by atoms with Crippen LogP contribution in [0.4, 0.5) is 0 Å². The number of H-pyrrole nitrogens is 1. The lowest BCUT2D eigenvalue weighted by Gasteiger charge is -2.07. The maximum Gasteiger partial charge on any atom is 0.117 e. The predicted octanol–water partition coefficient (Wildman–Crippen LogP) is 3.81. The Kier molecular flexibility index (Phi) is 1.92. The summed E-state index contributed by atoms with van der Waals surface area (Å²) in [7, 11) is 0. The van der Waals surface area contributed by atoms with Crippen molar-refractivity contribution >= 4 is 43.6 Å². The fourth-order valence-corrected chi connectivity index (χ4v) is 3.07. The van der Waals surface area contributed by atoms with Crippen molar-refractivity contribution in [3.05, 3.63) is 55.1 Å². The number of rotatable bonds is 0. The molecule has 3 heterocycles. The summed E-state index contributed by atoms with van der Waals surface area (Å²) in [5, 5.41) is 4.44. The number of imidazole rings is 1. The van der Waals surface area contributed by atoms with E-state index in [1.807, 2.05) is 30.6 Å². The van der Waals surface area contributed by atoms with Crippen molar-refractivity contribution in [2.75, 3.05) is 0 Å². The van der Waals surface area contributed by atoms with Gasteiger partial charge in [0.15, 0.2) is 0 Å². The third-order valence-electron chi connectivity index (χ3n) is 3.98. The molecule has 0 amide bonds. The first-order valence-corrected chi connectivity index (χ1v) is 6.81. The Balaban J connectivity index is 2.24. The molecule has 0 spiro atoms. The third-order valence-corrected chi connectivity index (χ3v) is 3.98. The molecule has 0 bridgehead atoms. The molecule has 5 aromatic rings. The summed E-state index contributed by atoms with van der Waals surface area (Å²) in [6.07, 6.45) is 5.45. The maximum absolute atomic E-state index is 4.68. The molecular formula is C17H10N4. The van der Waals surface area contributed by atoms with Gasteiger partial charge in [-0.1, -0.05) is 24.3 Å². The van der Waals surface area contributed by atoms with Gasteiger partial charge in [-0.15, -0.1) is 0 Å². The second-order valence-corrected chi connectivity index (χ2v) is 5.10. The summed E-state index contributed by atoms with van der Waals surface area (Å²) in [6, 6.07) is 12.3. The van der Waals surface area contributed by atoms with E-state index in [4.69, 9.17) is 0 Å². The van der Waals surface area contributed by atoms with Gasteiger partial charge >= 0.3 is 0 Å². The van der Waals surface area contributed by atoms with E-state index in [-0.39, 0.29) is 0 Å². The highest BCUT2D eigenvalue weighted by molar-refractivity contribution is 6.27. The highest BCUT2D eigenvalue weighted by Gasteiger charge is 2.14. The lowest BCUT2D eigenvalue weighted by Crippen LogP contribution is -1.88. The molecule has 21 heavy (non-hydrogen) atoms. The molecule has 0 aliphatic rings. The molecule has 0 radical (unpaired) electrons. The van der Waals surface area contributed by atoms with Gasteiger partial charge in [-0.3, -0.25) is 4.98 Å². The fourth-order valence-electron chi connectivity index (χ4n) is 3.07. The number of pyridine rings is 2. The van der Waals surface area contributed by atoms with Crippen molar-refractivity contribution in [1.82, 2.24) is 19.9 Å². The summed E-state index contributed by atoms with van der Waals surface area (Å²) in [5.74, 6) is 0. The zero-order chi connectivity index (χ0) is 13.8. The first-order chi connectivity index (χ1) is 10.4. The van der Waals surface area contributed by atoms with Crippen LogP contribution in [0.5, 0.6) is 0 Å². The second-order valence-electron chi connectivity index (χ2n) is 5.10. The van der Waals surface area contributed by atoms with Crippen LogP contribution < -0.4 is 0 Å². The Bertz CT molecular complexity index is 1130. The molecule has 0 aliphatic heterocycles. The quantitative estimate of drug-likeness (QED) is 0.435. The van der Waals surface area contributed by atoms with E-state index in [0.717, 1.165) is 38.2 Å². The van der Waals surface area contributed by atoms with Gasteiger partial charge in [0.05, 0.1) is 11.0 Å². The van der Waals surface area contributed by atoms with Crippen LogP contribution in [0.1, 0.15) is 0 Å². The minimum atomic E-state index is 0.899. The van der Waals surface area contributed by atoms with Crippen LogP contribution in [0.25, 0.3) is 43.6 Å². The normalized spacial score (nSPS) is 11.8. The number of hydrogen-bond acceptors (Lipinski definition) is 3. The summed E-state index contributed by atoms with van der Waals surface area (Å²) < 4.78 is 0. The first kappa shape index (κ1) is 10.7. The summed E-state index contributed by atoms with van der Waals surface area (Å²) in [5.41, 5.74) is 3.76. The van der Waals surface area contributed by atoms with Crippen LogP contribution in [-0.4, -0.2) is 19.9 Å². The minimum Gasteiger partial charge on any atom is -0.359 e. The Morgan fingerprint density at radius 2 is 1.62 bits per heavy atom. The van der Waals surface area contributed by atoms with Crippen LogP contribution >= 0.6 is 0 Å². The highest BCUT2D eigenvalue weighted by atomic mass is 14.9. The van der Waals surface area contributed by atoms with Gasteiger partial charge in [-0.2, -0.15) is 0 Å². The van der Waals surface area contributed by atoms with Crippen molar-refractivity contribution in [1.29, 1.82) is 0 Å². The van der Waals surface area contributed by atoms with Gasteiger partial charge < -0.3 is 4.98 Å². The van der Waals surface area contributed by atoms with Crippen LogP contribution in [0.3, 0.4) is 0 Å². The number of hydrogen-bond donors (Lipinski definition) is 1. The Morgan fingerprint density at radius 3 is 2.62 bits per heavy atom. The molecule has 0 saturated carbocycles. The first-order valence-electron chi connectivity index (χ1n) is 6.81. The van der Waals surface area contributed by atoms with Crippen molar-refractivity contribution in [3.63, 3.8) is 0 Å². The van der Waals surface area contributed by atoms with Crippen LogP contribution in [-0.2, 0) is 0 Å². The minimum absolute atomic E-state index is 0.899. The summed E-state index contributed by atoms with van der Waals surface area (Å²) in [4.78, 5) is 16.9. The zero-order valence-electron chi connectivity index (χ0n) is 11.0. The van der Waals surface area contributed by atoms with Crippen LogP contribution in [0.15, 0.2) is 55.1 Å². The van der Waals surface area contributed by atoms with Crippen molar-refractivity contribution < 1.29 is 0 Å². The van der Waals surface area contributed by atoms with E-state index in [1.54, 1.807) is 6.33 Å². The lowest BCUT2D eigenvalue weighted by molar-refractivity contribution is 1.34. The van der Waals surface area contributed by atoms with E-state index < -0.39 is 0 Å². The molecule has 0 saturated heterocycles. The number of aromatic amines is 1. The van der Waals surface area contributed by atoms with Gasteiger partial charge in [0.25, 0.3) is 0 Å². The fraction of sp³-hybridized carbons (Fsp3) is 0. The summed E-state index contributed by atoms with van der Waals surface area (Å²) in [6.45, 7) is 0. The maximum atomic E-state index is 4.68. The largest absolute Gasteiger partial charge is 0.359 e. The van der Waals surface area contributed by atoms with E-state index in [9.17, 15) is 0 Å². The van der Waals surface area contributed by atoms with Gasteiger partial charge in [-0.25, -0.2) is 9.97 Å². The molecular weight excluding hydrogens is 260 g/mol. The Labute approximate surface area is 119 Å². The Morgan fingerprint density at radius 1 is 0.762 bits per heavy atom. The van der Waals surface area contributed by atoms with E-state index >= 15 is 0 Å². The molecule has 4 heteroatoms. The topological polar surface area (TPSA) is 54.5 Å². The van der Waals surface area contributed by atoms with Crippen molar-refractivity contribution in [3.8, 4) is 0 Å². The molecule has 2 aromatic carbocycles. The van der Waals surface area contributed by atoms with E-state index in [1.165, 1.54) is 5.39 Å². The highest BCUT2D eigenvalue weighted by Crippen LogP contribution is 2.34. The smallest absolute Gasteiger partial charge is 0.117 e. The lowest BCUT2D eigenvalue weighted by atomic mass is 10.0. The van der Waals surface area contributed by atoms with Gasteiger partial charge in [0, 0.05) is 28.6 Å². The Hall–Kier alpha value is -3.01. The number of aromatic nitrogens is 4. The molecule has 0 unspecified atom stereocenters. The van der Waals surface area contributed by atoms with Gasteiger partial charge in [0.2, 0.25) is 0 Å². The second kappa shape index (κ2) is 3.76. The SMILES string of the molecule is c1ccc2c(c1)cnc1c3ccc[nH]c3c3ncnc3c21. The molecule has 4 nitrogen and oxygen atoms in total. The molecule has 0 atom stereocenters. The number of nitrogens with one attached hydrogen (secondary N) is 1. The molecule has 0 fully saturated rings. The van der Waals surface area contributed by atoms with E-state index in [0.29, 0.717) is 0 Å². The number of fused-ring (bicyclic) bond motifs is 8. The predicted molar refractivity (Wildman–Crippen MR) is 84.2 cm³/mol. The van der Waals surface area contributed by atoms with Gasteiger partial charge in [-0.05, 0) is 17.5 Å². The third kappa shape index (κ3) is 1.31.